The SMILES string of the molecule is CCc1ccc(C(C)NCC(=O)N(CC2CCCO2)C2CCS(=O)(=O)C2)cc1. The van der Waals surface area contributed by atoms with Gasteiger partial charge < -0.3 is 15.0 Å². The molecule has 1 amide bonds. The highest BCUT2D eigenvalue weighted by Crippen LogP contribution is 2.22. The van der Waals surface area contributed by atoms with Gasteiger partial charge in [0, 0.05) is 25.2 Å². The third-order valence-electron chi connectivity index (χ3n) is 5.84. The monoisotopic (exact) mass is 408 g/mol. The van der Waals surface area contributed by atoms with Gasteiger partial charge in [-0.05, 0) is 43.7 Å². The zero-order valence-corrected chi connectivity index (χ0v) is 17.7. The molecular formula is C21H32N2O4S. The van der Waals surface area contributed by atoms with Crippen molar-refractivity contribution in [1.29, 1.82) is 0 Å². The van der Waals surface area contributed by atoms with Gasteiger partial charge in [0.1, 0.15) is 0 Å². The largest absolute Gasteiger partial charge is 0.376 e. The number of hydrogen-bond donors (Lipinski definition) is 1. The minimum Gasteiger partial charge on any atom is -0.376 e. The molecule has 2 aliphatic rings. The van der Waals surface area contributed by atoms with Crippen molar-refractivity contribution in [2.24, 2.45) is 0 Å². The highest BCUT2D eigenvalue weighted by atomic mass is 32.2. The smallest absolute Gasteiger partial charge is 0.236 e. The van der Waals surface area contributed by atoms with E-state index in [9.17, 15) is 13.2 Å². The Morgan fingerprint density at radius 1 is 1.29 bits per heavy atom. The first kappa shape index (κ1) is 21.3. The summed E-state index contributed by atoms with van der Waals surface area (Å²) in [5.74, 6) is 0.190. The molecule has 2 fully saturated rings. The maximum Gasteiger partial charge on any atom is 0.236 e. The molecule has 0 aromatic heterocycles. The Balaban J connectivity index is 1.61. The lowest BCUT2D eigenvalue weighted by molar-refractivity contribution is -0.134. The highest BCUT2D eigenvalue weighted by Gasteiger charge is 2.36. The molecule has 3 unspecified atom stereocenters. The molecule has 3 atom stereocenters. The summed E-state index contributed by atoms with van der Waals surface area (Å²) in [6.45, 7) is 5.57. The average molecular weight is 409 g/mol. The van der Waals surface area contributed by atoms with Gasteiger partial charge in [0.2, 0.25) is 5.91 Å². The van der Waals surface area contributed by atoms with E-state index < -0.39 is 9.84 Å². The number of sulfone groups is 1. The summed E-state index contributed by atoms with van der Waals surface area (Å²) in [5, 5.41) is 3.30. The molecule has 2 heterocycles. The van der Waals surface area contributed by atoms with E-state index in [0.29, 0.717) is 13.0 Å². The molecule has 156 valence electrons. The van der Waals surface area contributed by atoms with Gasteiger partial charge in [-0.1, -0.05) is 31.2 Å². The molecule has 7 heteroatoms. The van der Waals surface area contributed by atoms with E-state index >= 15 is 0 Å². The molecule has 0 radical (unpaired) electrons. The molecule has 3 rings (SSSR count). The molecule has 0 spiro atoms. The number of carbonyl (C=O) groups is 1. The van der Waals surface area contributed by atoms with E-state index in [4.69, 9.17) is 4.74 Å². The number of ether oxygens (including phenoxy) is 1. The predicted molar refractivity (Wildman–Crippen MR) is 110 cm³/mol. The van der Waals surface area contributed by atoms with Crippen molar-refractivity contribution >= 4 is 15.7 Å². The van der Waals surface area contributed by atoms with Crippen LogP contribution in [0, 0.1) is 0 Å². The van der Waals surface area contributed by atoms with Gasteiger partial charge in [-0.2, -0.15) is 0 Å². The lowest BCUT2D eigenvalue weighted by Crippen LogP contribution is -2.48. The number of aryl methyl sites for hydroxylation is 1. The van der Waals surface area contributed by atoms with Crippen molar-refractivity contribution in [3.05, 3.63) is 35.4 Å². The van der Waals surface area contributed by atoms with Crippen molar-refractivity contribution in [3.63, 3.8) is 0 Å². The van der Waals surface area contributed by atoms with Crippen LogP contribution in [-0.4, -0.2) is 62.6 Å². The normalized spacial score (nSPS) is 24.9. The first-order valence-corrected chi connectivity index (χ1v) is 12.1. The minimum absolute atomic E-state index is 0.0197. The summed E-state index contributed by atoms with van der Waals surface area (Å²) in [5.41, 5.74) is 2.43. The molecule has 6 nitrogen and oxygen atoms in total. The Morgan fingerprint density at radius 3 is 2.61 bits per heavy atom. The quantitative estimate of drug-likeness (QED) is 0.713. The van der Waals surface area contributed by atoms with Gasteiger partial charge in [0.05, 0.1) is 24.2 Å². The second-order valence-electron chi connectivity index (χ2n) is 7.94. The zero-order chi connectivity index (χ0) is 20.1. The second-order valence-corrected chi connectivity index (χ2v) is 10.2. The number of nitrogens with zero attached hydrogens (tertiary/aromatic N) is 1. The lowest BCUT2D eigenvalue weighted by Gasteiger charge is -2.31. The average Bonchev–Trinajstić information content (AvgIpc) is 3.33. The van der Waals surface area contributed by atoms with Crippen LogP contribution in [0.2, 0.25) is 0 Å². The molecule has 1 aromatic rings. The Hall–Kier alpha value is -1.44. The molecule has 2 saturated heterocycles. The molecule has 0 saturated carbocycles. The predicted octanol–water partition coefficient (Wildman–Crippen LogP) is 2.09. The summed E-state index contributed by atoms with van der Waals surface area (Å²) in [4.78, 5) is 14.7. The number of nitrogens with one attached hydrogen (secondary N) is 1. The molecular weight excluding hydrogens is 376 g/mol. The van der Waals surface area contributed by atoms with E-state index in [-0.39, 0.29) is 42.1 Å². The summed E-state index contributed by atoms with van der Waals surface area (Å²) >= 11 is 0. The molecule has 1 aromatic carbocycles. The van der Waals surface area contributed by atoms with Gasteiger partial charge in [-0.3, -0.25) is 4.79 Å². The van der Waals surface area contributed by atoms with E-state index in [1.807, 2.05) is 6.92 Å². The van der Waals surface area contributed by atoms with Gasteiger partial charge in [-0.25, -0.2) is 8.42 Å². The Labute approximate surface area is 168 Å². The number of benzene rings is 1. The summed E-state index contributed by atoms with van der Waals surface area (Å²) in [6.07, 6.45) is 3.47. The fraction of sp³-hybridized carbons (Fsp3) is 0.667. The molecule has 28 heavy (non-hydrogen) atoms. The van der Waals surface area contributed by atoms with Crippen molar-refractivity contribution in [1.82, 2.24) is 10.2 Å². The van der Waals surface area contributed by atoms with Crippen LogP contribution in [0.4, 0.5) is 0 Å². The van der Waals surface area contributed by atoms with E-state index in [0.717, 1.165) is 31.4 Å². The van der Waals surface area contributed by atoms with Crippen molar-refractivity contribution in [2.75, 3.05) is 31.2 Å². The van der Waals surface area contributed by atoms with Gasteiger partial charge in [0.25, 0.3) is 0 Å². The fourth-order valence-corrected chi connectivity index (χ4v) is 5.72. The molecule has 1 N–H and O–H groups in total. The molecule has 2 aliphatic heterocycles. The van der Waals surface area contributed by atoms with Crippen molar-refractivity contribution in [3.8, 4) is 0 Å². The maximum absolute atomic E-state index is 13.0. The van der Waals surface area contributed by atoms with Crippen molar-refractivity contribution < 1.29 is 17.9 Å². The molecule has 0 aliphatic carbocycles. The Bertz CT molecular complexity index is 757. The Morgan fingerprint density at radius 2 is 2.04 bits per heavy atom. The summed E-state index contributed by atoms with van der Waals surface area (Å²) in [6, 6.07) is 8.23. The van der Waals surface area contributed by atoms with Crippen LogP contribution in [0.1, 0.15) is 50.3 Å². The topological polar surface area (TPSA) is 75.7 Å². The van der Waals surface area contributed by atoms with Crippen LogP contribution in [0.3, 0.4) is 0 Å². The molecule has 0 bridgehead atoms. The van der Waals surface area contributed by atoms with Crippen LogP contribution < -0.4 is 5.32 Å². The summed E-state index contributed by atoms with van der Waals surface area (Å²) in [7, 11) is -3.04. The lowest BCUT2D eigenvalue weighted by atomic mass is 10.0. The number of amides is 1. The first-order chi connectivity index (χ1) is 13.4. The second kappa shape index (κ2) is 9.37. The van der Waals surface area contributed by atoms with Gasteiger partial charge >= 0.3 is 0 Å². The maximum atomic E-state index is 13.0. The van der Waals surface area contributed by atoms with Gasteiger partial charge in [-0.15, -0.1) is 0 Å². The third kappa shape index (κ3) is 5.55. The summed E-state index contributed by atoms with van der Waals surface area (Å²) < 4.78 is 29.5. The van der Waals surface area contributed by atoms with E-state index in [1.54, 1.807) is 4.90 Å². The fourth-order valence-electron chi connectivity index (χ4n) is 3.99. The first-order valence-electron chi connectivity index (χ1n) is 10.3. The standard InChI is InChI=1S/C21H32N2O4S/c1-3-17-6-8-18(9-7-17)16(2)22-13-21(24)23(14-20-5-4-11-27-20)19-10-12-28(25,26)15-19/h6-9,16,19-20,22H,3-5,10-15H2,1-2H3. The van der Waals surface area contributed by atoms with E-state index in [2.05, 4.69) is 36.5 Å². The number of hydrogen-bond acceptors (Lipinski definition) is 5. The Kier molecular flexibility index (Phi) is 7.12. The number of carbonyl (C=O) groups excluding carboxylic acids is 1. The van der Waals surface area contributed by atoms with Crippen LogP contribution >= 0.6 is 0 Å². The van der Waals surface area contributed by atoms with Crippen LogP contribution in [0.25, 0.3) is 0 Å². The van der Waals surface area contributed by atoms with Crippen LogP contribution in [-0.2, 0) is 25.8 Å². The highest BCUT2D eigenvalue weighted by molar-refractivity contribution is 7.91. The van der Waals surface area contributed by atoms with E-state index in [1.165, 1.54) is 5.56 Å². The zero-order valence-electron chi connectivity index (χ0n) is 16.9. The third-order valence-corrected chi connectivity index (χ3v) is 7.59. The van der Waals surface area contributed by atoms with Gasteiger partial charge in [0.15, 0.2) is 9.84 Å². The minimum atomic E-state index is -3.04. The van der Waals surface area contributed by atoms with Crippen LogP contribution in [0.15, 0.2) is 24.3 Å². The number of rotatable bonds is 8. The van der Waals surface area contributed by atoms with Crippen molar-refractivity contribution in [2.45, 2.75) is 57.7 Å². The van der Waals surface area contributed by atoms with Crippen LogP contribution in [0.5, 0.6) is 0 Å².